The molecular weight excluding hydrogens is 348 g/mol. The maximum Gasteiger partial charge on any atom is 0.325 e. The molecule has 3 atom stereocenters. The van der Waals surface area contributed by atoms with Crippen LogP contribution in [0.2, 0.25) is 0 Å². The number of β-amino-alcohol motifs (C(OH)–C–C–N with tert-alkyl or cyclic N) is 1. The summed E-state index contributed by atoms with van der Waals surface area (Å²) in [5.74, 6) is -1.74. The third-order valence-electron chi connectivity index (χ3n) is 4.28. The van der Waals surface area contributed by atoms with Crippen LogP contribution < -0.4 is 5.73 Å². The predicted molar refractivity (Wildman–Crippen MR) is 89.0 cm³/mol. The minimum atomic E-state index is -4.00. The van der Waals surface area contributed by atoms with E-state index < -0.39 is 40.1 Å². The lowest BCUT2D eigenvalue weighted by Gasteiger charge is -2.23. The third-order valence-corrected chi connectivity index (χ3v) is 6.15. The van der Waals surface area contributed by atoms with Crippen molar-refractivity contribution in [3.63, 3.8) is 0 Å². The predicted octanol–water partition coefficient (Wildman–Crippen LogP) is -0.156. The van der Waals surface area contributed by atoms with Crippen LogP contribution in [0.5, 0.6) is 0 Å². The van der Waals surface area contributed by atoms with E-state index in [0.29, 0.717) is 0 Å². The molecule has 1 saturated heterocycles. The lowest BCUT2D eigenvalue weighted by atomic mass is 10.1. The molecular formula is C16H22N2O6S. The molecule has 1 aliphatic heterocycles. The average Bonchev–Trinajstić information content (AvgIpc) is 2.92. The highest BCUT2D eigenvalue weighted by atomic mass is 32.2. The van der Waals surface area contributed by atoms with Crippen LogP contribution in [0.25, 0.3) is 0 Å². The maximum atomic E-state index is 12.9. The number of amides is 1. The van der Waals surface area contributed by atoms with E-state index in [1.165, 1.54) is 19.1 Å². The highest BCUT2D eigenvalue weighted by Crippen LogP contribution is 2.28. The summed E-state index contributed by atoms with van der Waals surface area (Å²) in [5.41, 5.74) is 6.79. The molecule has 0 unspecified atom stereocenters. The Bertz CT molecular complexity index is 792. The Hall–Kier alpha value is -1.97. The number of aliphatic hydroxyl groups excluding tert-OH is 1. The third kappa shape index (κ3) is 4.00. The van der Waals surface area contributed by atoms with Crippen molar-refractivity contribution in [1.82, 2.24) is 4.31 Å². The molecule has 3 N–H and O–H groups in total. The number of ether oxygens (including phenoxy) is 1. The number of carbonyl (C=O) groups excluding carboxylic acids is 2. The summed E-state index contributed by atoms with van der Waals surface area (Å²) in [5, 5.41) is 9.87. The van der Waals surface area contributed by atoms with Gasteiger partial charge in [-0.25, -0.2) is 8.42 Å². The number of benzene rings is 1. The normalized spacial score (nSPS) is 22.6. The number of primary amides is 1. The van der Waals surface area contributed by atoms with E-state index in [2.05, 4.69) is 0 Å². The van der Waals surface area contributed by atoms with Gasteiger partial charge in [0.2, 0.25) is 10.0 Å². The molecule has 0 saturated carbocycles. The minimum absolute atomic E-state index is 0.0328. The molecule has 0 aliphatic carbocycles. The Morgan fingerprint density at radius 1 is 1.32 bits per heavy atom. The van der Waals surface area contributed by atoms with Gasteiger partial charge >= 0.3 is 5.97 Å². The first-order valence-corrected chi connectivity index (χ1v) is 9.25. The van der Waals surface area contributed by atoms with E-state index in [9.17, 15) is 23.1 Å². The number of rotatable bonds is 5. The summed E-state index contributed by atoms with van der Waals surface area (Å²) in [4.78, 5) is 23.3. The van der Waals surface area contributed by atoms with Crippen molar-refractivity contribution in [2.45, 2.75) is 50.3 Å². The van der Waals surface area contributed by atoms with E-state index in [4.69, 9.17) is 10.5 Å². The van der Waals surface area contributed by atoms with E-state index >= 15 is 0 Å². The topological polar surface area (TPSA) is 127 Å². The van der Waals surface area contributed by atoms with Crippen LogP contribution in [0.4, 0.5) is 0 Å². The van der Waals surface area contributed by atoms with Crippen LogP contribution in [0.1, 0.15) is 24.5 Å². The van der Waals surface area contributed by atoms with Crippen LogP contribution in [-0.4, -0.2) is 54.5 Å². The average molecular weight is 370 g/mol. The van der Waals surface area contributed by atoms with Gasteiger partial charge < -0.3 is 15.6 Å². The Balaban J connectivity index is 2.32. The monoisotopic (exact) mass is 370 g/mol. The molecule has 138 valence electrons. The van der Waals surface area contributed by atoms with Crippen molar-refractivity contribution in [2.24, 2.45) is 5.73 Å². The molecule has 9 heteroatoms. The summed E-state index contributed by atoms with van der Waals surface area (Å²) in [6.07, 6.45) is -2.28. The van der Waals surface area contributed by atoms with Gasteiger partial charge in [-0.15, -0.1) is 0 Å². The zero-order valence-electron chi connectivity index (χ0n) is 14.3. The molecule has 1 heterocycles. The molecule has 0 spiro atoms. The van der Waals surface area contributed by atoms with Gasteiger partial charge in [-0.05, 0) is 44.0 Å². The number of esters is 1. The lowest BCUT2D eigenvalue weighted by Crippen LogP contribution is -2.43. The first kappa shape index (κ1) is 19.4. The number of carbonyl (C=O) groups is 2. The molecule has 1 aromatic rings. The summed E-state index contributed by atoms with van der Waals surface area (Å²) in [7, 11) is -4.00. The van der Waals surface area contributed by atoms with E-state index in [-0.39, 0.29) is 17.9 Å². The van der Waals surface area contributed by atoms with Crippen molar-refractivity contribution in [2.75, 3.05) is 6.54 Å². The van der Waals surface area contributed by atoms with Gasteiger partial charge in [0, 0.05) is 13.0 Å². The first-order chi connectivity index (χ1) is 11.5. The van der Waals surface area contributed by atoms with Crippen molar-refractivity contribution in [3.8, 4) is 0 Å². The van der Waals surface area contributed by atoms with Gasteiger partial charge in [0.1, 0.15) is 6.04 Å². The molecule has 0 aromatic heterocycles. The van der Waals surface area contributed by atoms with E-state index in [0.717, 1.165) is 15.4 Å². The fourth-order valence-corrected chi connectivity index (χ4v) is 4.30. The highest BCUT2D eigenvalue weighted by Gasteiger charge is 2.45. The minimum Gasteiger partial charge on any atom is -0.451 e. The largest absolute Gasteiger partial charge is 0.451 e. The van der Waals surface area contributed by atoms with Crippen LogP contribution >= 0.6 is 0 Å². The maximum absolute atomic E-state index is 12.9. The molecule has 1 aromatic carbocycles. The van der Waals surface area contributed by atoms with Crippen molar-refractivity contribution < 1.29 is 27.9 Å². The van der Waals surface area contributed by atoms with Gasteiger partial charge in [-0.2, -0.15) is 4.31 Å². The SMILES string of the molecule is Cc1ccc(S(=O)(=O)N2C[C@H](O)C[C@H]2C(=O)O[C@@H](C)C(N)=O)cc1C. The second-order valence-electron chi connectivity index (χ2n) is 6.21. The molecule has 8 nitrogen and oxygen atoms in total. The van der Waals surface area contributed by atoms with Crippen LogP contribution in [-0.2, 0) is 24.3 Å². The van der Waals surface area contributed by atoms with Gasteiger partial charge in [-0.3, -0.25) is 9.59 Å². The number of nitrogens with two attached hydrogens (primary N) is 1. The van der Waals surface area contributed by atoms with Crippen LogP contribution in [0, 0.1) is 13.8 Å². The van der Waals surface area contributed by atoms with Gasteiger partial charge in [0.05, 0.1) is 11.0 Å². The smallest absolute Gasteiger partial charge is 0.325 e. The quantitative estimate of drug-likeness (QED) is 0.694. The van der Waals surface area contributed by atoms with Gasteiger partial charge in [0.15, 0.2) is 6.10 Å². The lowest BCUT2D eigenvalue weighted by molar-refractivity contribution is -0.157. The zero-order valence-corrected chi connectivity index (χ0v) is 15.1. The Labute approximate surface area is 146 Å². The standard InChI is InChI=1S/C16H22N2O6S/c1-9-4-5-13(6-10(9)2)25(22,23)18-8-12(19)7-14(18)16(21)24-11(3)15(17)20/h4-6,11-12,14,19H,7-8H2,1-3H3,(H2,17,20)/t11-,12+,14-/m0/s1. The number of hydrogen-bond donors (Lipinski definition) is 2. The fraction of sp³-hybridized carbons (Fsp3) is 0.500. The molecule has 0 bridgehead atoms. The van der Waals surface area contributed by atoms with E-state index in [1.54, 1.807) is 13.0 Å². The molecule has 1 fully saturated rings. The summed E-state index contributed by atoms with van der Waals surface area (Å²) >= 11 is 0. The van der Waals surface area contributed by atoms with Crippen LogP contribution in [0.3, 0.4) is 0 Å². The Kier molecular flexibility index (Phi) is 5.50. The summed E-state index contributed by atoms with van der Waals surface area (Å²) in [6.45, 7) is 4.72. The summed E-state index contributed by atoms with van der Waals surface area (Å²) < 4.78 is 31.6. The second kappa shape index (κ2) is 7.11. The van der Waals surface area contributed by atoms with E-state index in [1.807, 2.05) is 6.92 Å². The van der Waals surface area contributed by atoms with Crippen molar-refractivity contribution in [3.05, 3.63) is 29.3 Å². The summed E-state index contributed by atoms with van der Waals surface area (Å²) in [6, 6.07) is 3.45. The second-order valence-corrected chi connectivity index (χ2v) is 8.10. The Morgan fingerprint density at radius 2 is 1.96 bits per heavy atom. The van der Waals surface area contributed by atoms with Gasteiger partial charge in [0.25, 0.3) is 5.91 Å². The molecule has 0 radical (unpaired) electrons. The van der Waals surface area contributed by atoms with Crippen molar-refractivity contribution >= 4 is 21.9 Å². The first-order valence-electron chi connectivity index (χ1n) is 7.81. The highest BCUT2D eigenvalue weighted by molar-refractivity contribution is 7.89. The molecule has 1 amide bonds. The fourth-order valence-electron chi connectivity index (χ4n) is 2.58. The van der Waals surface area contributed by atoms with Crippen LogP contribution in [0.15, 0.2) is 23.1 Å². The van der Waals surface area contributed by atoms with Gasteiger partial charge in [-0.1, -0.05) is 6.07 Å². The Morgan fingerprint density at radius 3 is 2.52 bits per heavy atom. The number of sulfonamides is 1. The number of aryl methyl sites for hydroxylation is 2. The molecule has 2 rings (SSSR count). The molecule has 1 aliphatic rings. The number of aliphatic hydroxyl groups is 1. The molecule has 25 heavy (non-hydrogen) atoms. The number of nitrogens with zero attached hydrogens (tertiary/aromatic N) is 1. The van der Waals surface area contributed by atoms with Crippen molar-refractivity contribution in [1.29, 1.82) is 0 Å². The number of hydrogen-bond acceptors (Lipinski definition) is 6. The zero-order chi connectivity index (χ0) is 18.9.